The summed E-state index contributed by atoms with van der Waals surface area (Å²) in [6.45, 7) is 7.03. The van der Waals surface area contributed by atoms with E-state index < -0.39 is 16.0 Å². The highest BCUT2D eigenvalue weighted by molar-refractivity contribution is 7.92. The third-order valence-electron chi connectivity index (χ3n) is 5.11. The van der Waals surface area contributed by atoms with E-state index in [1.54, 1.807) is 36.4 Å². The Morgan fingerprint density at radius 1 is 1.03 bits per heavy atom. The number of anilines is 1. The second-order valence-electron chi connectivity index (χ2n) is 9.03. The molecule has 1 aromatic heterocycles. The molecule has 0 saturated carbocycles. The van der Waals surface area contributed by atoms with Crippen LogP contribution in [-0.2, 0) is 25.0 Å². The Morgan fingerprint density at radius 2 is 1.71 bits per heavy atom. The molecule has 11 nitrogen and oxygen atoms in total. The van der Waals surface area contributed by atoms with Crippen molar-refractivity contribution in [1.82, 2.24) is 9.97 Å². The molecule has 0 saturated heterocycles. The lowest BCUT2D eigenvalue weighted by atomic mass is 9.87. The summed E-state index contributed by atoms with van der Waals surface area (Å²) in [6.07, 6.45) is 0.337. The SMILES string of the molecule is COc1cccc(Oc2c(NS(=O)(=O)c3ccc(C(C)(C)C)cc3)nc(C=O)nc2OCCOC(C)=O)c1. The van der Waals surface area contributed by atoms with Crippen LogP contribution in [-0.4, -0.2) is 51.0 Å². The highest BCUT2D eigenvalue weighted by atomic mass is 32.2. The van der Waals surface area contributed by atoms with Crippen LogP contribution in [0.1, 0.15) is 43.9 Å². The van der Waals surface area contributed by atoms with Gasteiger partial charge in [-0.3, -0.25) is 14.3 Å². The molecule has 0 unspecified atom stereocenters. The van der Waals surface area contributed by atoms with Crippen LogP contribution in [0.4, 0.5) is 5.82 Å². The molecule has 1 N–H and O–H groups in total. The number of sulfonamides is 1. The van der Waals surface area contributed by atoms with Gasteiger partial charge in [0.2, 0.25) is 5.75 Å². The Hall–Kier alpha value is -4.19. The smallest absolute Gasteiger partial charge is 0.302 e. The summed E-state index contributed by atoms with van der Waals surface area (Å²) in [6, 6.07) is 12.9. The molecule has 0 spiro atoms. The minimum absolute atomic E-state index is 0.0265. The van der Waals surface area contributed by atoms with Crippen LogP contribution in [0.3, 0.4) is 0 Å². The van der Waals surface area contributed by atoms with E-state index in [1.165, 1.54) is 26.2 Å². The average molecular weight is 544 g/mol. The van der Waals surface area contributed by atoms with E-state index in [-0.39, 0.29) is 52.5 Å². The Labute approximate surface area is 221 Å². The molecule has 0 aliphatic rings. The lowest BCUT2D eigenvalue weighted by Gasteiger charge is -2.19. The van der Waals surface area contributed by atoms with Crippen LogP contribution >= 0.6 is 0 Å². The van der Waals surface area contributed by atoms with Gasteiger partial charge in [0, 0.05) is 13.0 Å². The number of esters is 1. The first-order chi connectivity index (χ1) is 17.9. The Balaban J connectivity index is 2.04. The first-order valence-corrected chi connectivity index (χ1v) is 13.0. The molecule has 0 fully saturated rings. The minimum Gasteiger partial charge on any atom is -0.497 e. The largest absolute Gasteiger partial charge is 0.497 e. The zero-order valence-corrected chi connectivity index (χ0v) is 22.5. The fraction of sp³-hybridized carbons (Fsp3) is 0.308. The quantitative estimate of drug-likeness (QED) is 0.213. The minimum atomic E-state index is -4.17. The number of rotatable bonds is 11. The highest BCUT2D eigenvalue weighted by Gasteiger charge is 2.25. The van der Waals surface area contributed by atoms with Crippen LogP contribution < -0.4 is 18.9 Å². The van der Waals surface area contributed by atoms with Gasteiger partial charge in [-0.05, 0) is 35.2 Å². The lowest BCUT2D eigenvalue weighted by Crippen LogP contribution is -2.18. The number of nitrogens with one attached hydrogen (secondary N) is 1. The fourth-order valence-corrected chi connectivity index (χ4v) is 4.19. The number of ether oxygens (including phenoxy) is 4. The van der Waals surface area contributed by atoms with E-state index in [0.29, 0.717) is 12.0 Å². The summed E-state index contributed by atoms with van der Waals surface area (Å²) in [5.41, 5.74) is 0.782. The number of hydrogen-bond donors (Lipinski definition) is 1. The van der Waals surface area contributed by atoms with Gasteiger partial charge in [0.1, 0.15) is 24.7 Å². The van der Waals surface area contributed by atoms with Gasteiger partial charge in [0.15, 0.2) is 17.9 Å². The molecule has 12 heteroatoms. The summed E-state index contributed by atoms with van der Waals surface area (Å²) in [7, 11) is -2.69. The maximum absolute atomic E-state index is 13.3. The van der Waals surface area contributed by atoms with Crippen molar-refractivity contribution in [2.45, 2.75) is 38.0 Å². The third-order valence-corrected chi connectivity index (χ3v) is 6.46. The fourth-order valence-electron chi connectivity index (χ4n) is 3.18. The third kappa shape index (κ3) is 7.42. The predicted molar refractivity (Wildman–Crippen MR) is 139 cm³/mol. The summed E-state index contributed by atoms with van der Waals surface area (Å²) in [5, 5.41) is 0. The summed E-state index contributed by atoms with van der Waals surface area (Å²) in [4.78, 5) is 30.7. The second-order valence-corrected chi connectivity index (χ2v) is 10.7. The highest BCUT2D eigenvalue weighted by Crippen LogP contribution is 2.38. The molecule has 2 aromatic carbocycles. The molecule has 0 aliphatic heterocycles. The maximum atomic E-state index is 13.3. The first-order valence-electron chi connectivity index (χ1n) is 11.5. The summed E-state index contributed by atoms with van der Waals surface area (Å²) >= 11 is 0. The Morgan fingerprint density at radius 3 is 2.32 bits per heavy atom. The van der Waals surface area contributed by atoms with Crippen LogP contribution in [0.15, 0.2) is 53.4 Å². The number of carbonyl (C=O) groups is 2. The Bertz CT molecular complexity index is 1400. The molecule has 3 aromatic rings. The van der Waals surface area contributed by atoms with Gasteiger partial charge in [-0.15, -0.1) is 0 Å². The van der Waals surface area contributed by atoms with Crippen LogP contribution in [0, 0.1) is 0 Å². The molecule has 0 amide bonds. The number of methoxy groups -OCH3 is 1. The monoisotopic (exact) mass is 543 g/mol. The van der Waals surface area contributed by atoms with E-state index in [4.69, 9.17) is 18.9 Å². The lowest BCUT2D eigenvalue weighted by molar-refractivity contribution is -0.141. The van der Waals surface area contributed by atoms with E-state index in [0.717, 1.165) is 5.56 Å². The standard InChI is InChI=1S/C26H29N3O8S/c1-17(31)35-13-14-36-25-23(37-20-8-6-7-19(15-20)34-5)24(27-22(16-30)28-25)29-38(32,33)21-11-9-18(10-12-21)26(2,3)4/h6-12,15-16H,13-14H2,1-5H3,(H,27,28,29). The van der Waals surface area contributed by atoms with Gasteiger partial charge in [-0.2, -0.15) is 4.98 Å². The Kier molecular flexibility index (Phi) is 8.89. The van der Waals surface area contributed by atoms with Crippen molar-refractivity contribution in [2.75, 3.05) is 25.0 Å². The van der Waals surface area contributed by atoms with Gasteiger partial charge in [0.05, 0.1) is 12.0 Å². The van der Waals surface area contributed by atoms with Crippen molar-refractivity contribution in [2.24, 2.45) is 0 Å². The van der Waals surface area contributed by atoms with Crippen molar-refractivity contribution in [1.29, 1.82) is 0 Å². The predicted octanol–water partition coefficient (Wildman–Crippen LogP) is 4.13. The second kappa shape index (κ2) is 11.9. The van der Waals surface area contributed by atoms with Crippen molar-refractivity contribution < 1.29 is 37.0 Å². The molecular formula is C26H29N3O8S. The molecule has 0 bridgehead atoms. The topological polar surface area (TPSA) is 143 Å². The maximum Gasteiger partial charge on any atom is 0.302 e. The first kappa shape index (κ1) is 28.4. The average Bonchev–Trinajstić information content (AvgIpc) is 2.87. The van der Waals surface area contributed by atoms with Crippen molar-refractivity contribution >= 4 is 28.1 Å². The summed E-state index contributed by atoms with van der Waals surface area (Å²) in [5.74, 6) is -0.903. The van der Waals surface area contributed by atoms with E-state index >= 15 is 0 Å². The van der Waals surface area contributed by atoms with Crippen LogP contribution in [0.5, 0.6) is 23.1 Å². The van der Waals surface area contributed by atoms with Crippen molar-refractivity contribution in [3.63, 3.8) is 0 Å². The van der Waals surface area contributed by atoms with Gasteiger partial charge < -0.3 is 18.9 Å². The molecule has 1 heterocycles. The number of carbonyl (C=O) groups excluding carboxylic acids is 2. The molecule has 0 aliphatic carbocycles. The van der Waals surface area contributed by atoms with E-state index in [2.05, 4.69) is 14.7 Å². The molecular weight excluding hydrogens is 514 g/mol. The number of hydrogen-bond acceptors (Lipinski definition) is 10. The van der Waals surface area contributed by atoms with Gasteiger partial charge in [-0.1, -0.05) is 39.0 Å². The molecule has 3 rings (SSSR count). The zero-order valence-electron chi connectivity index (χ0n) is 21.7. The van der Waals surface area contributed by atoms with Gasteiger partial charge >= 0.3 is 5.97 Å². The molecule has 202 valence electrons. The summed E-state index contributed by atoms with van der Waals surface area (Å²) < 4.78 is 50.5. The zero-order chi connectivity index (χ0) is 27.9. The van der Waals surface area contributed by atoms with Gasteiger partial charge in [-0.25, -0.2) is 13.4 Å². The van der Waals surface area contributed by atoms with Crippen LogP contribution in [0.25, 0.3) is 0 Å². The van der Waals surface area contributed by atoms with Gasteiger partial charge in [0.25, 0.3) is 15.9 Å². The molecule has 0 atom stereocenters. The van der Waals surface area contributed by atoms with E-state index in [1.807, 2.05) is 20.8 Å². The molecule has 0 radical (unpaired) electrons. The van der Waals surface area contributed by atoms with E-state index in [9.17, 15) is 18.0 Å². The number of aromatic nitrogens is 2. The number of nitrogens with zero attached hydrogens (tertiary/aromatic N) is 2. The molecule has 38 heavy (non-hydrogen) atoms. The van der Waals surface area contributed by atoms with Crippen LogP contribution in [0.2, 0.25) is 0 Å². The normalized spacial score (nSPS) is 11.4. The number of benzene rings is 2. The van der Waals surface area contributed by atoms with Crippen molar-refractivity contribution in [3.05, 3.63) is 59.9 Å². The van der Waals surface area contributed by atoms with Crippen molar-refractivity contribution in [3.8, 4) is 23.1 Å². The number of aldehydes is 1.